The van der Waals surface area contributed by atoms with Crippen molar-refractivity contribution in [3.05, 3.63) is 24.2 Å². The Hall–Kier alpha value is -0.0987. The zero-order chi connectivity index (χ0) is 12.8. The first-order chi connectivity index (χ1) is 7.69. The van der Waals surface area contributed by atoms with E-state index in [1.165, 1.54) is 0 Å². The Morgan fingerprint density at radius 3 is 2.22 bits per heavy atom. The fourth-order valence-corrected chi connectivity index (χ4v) is 1.30. The minimum Gasteiger partial charge on any atom is -0.445 e. The molecule has 0 radical (unpaired) electrons. The van der Waals surface area contributed by atoms with E-state index >= 15 is 0 Å². The van der Waals surface area contributed by atoms with Gasteiger partial charge in [0.25, 0.3) is 0 Å². The van der Waals surface area contributed by atoms with Crippen LogP contribution in [0, 0.1) is 0 Å². The molecule has 0 aliphatic carbocycles. The number of nitrogens with zero attached hydrogens (tertiary/aromatic N) is 3. The summed E-state index contributed by atoms with van der Waals surface area (Å²) in [5.74, 6) is -1.35. The minimum absolute atomic E-state index is 0. The molecule has 0 amide bonds. The van der Waals surface area contributed by atoms with Crippen LogP contribution in [0.15, 0.2) is 18.3 Å². The molecule has 0 aliphatic rings. The molecule has 3 nitrogen and oxygen atoms in total. The van der Waals surface area contributed by atoms with Crippen molar-refractivity contribution in [3.63, 3.8) is 0 Å². The molecule has 18 heavy (non-hydrogen) atoms. The molecule has 0 atom stereocenters. The van der Waals surface area contributed by atoms with Crippen LogP contribution in [0.1, 0.15) is 5.82 Å². The number of alkyl halides is 3. The third-order valence-electron chi connectivity index (χ3n) is 2.07. The van der Waals surface area contributed by atoms with Crippen molar-refractivity contribution in [2.75, 3.05) is 0 Å². The van der Waals surface area contributed by atoms with E-state index < -0.39 is 30.1 Å². The number of hydrogen-bond donors (Lipinski definition) is 0. The normalized spacial score (nSPS) is 12.6. The van der Waals surface area contributed by atoms with Gasteiger partial charge in [-0.15, -0.1) is 15.7 Å². The van der Waals surface area contributed by atoms with Crippen molar-refractivity contribution < 1.29 is 77.5 Å². The average molecular weight is 293 g/mol. The van der Waals surface area contributed by atoms with Crippen molar-refractivity contribution in [1.29, 1.82) is 0 Å². The van der Waals surface area contributed by atoms with E-state index in [0.29, 0.717) is 22.7 Å². The Kier molecular flexibility index (Phi) is 4.54. The number of hydrogen-bond acceptors (Lipinski definition) is 2. The first-order valence-electron chi connectivity index (χ1n) is 4.31. The standard InChI is InChI=1S/C7H3BF6N3.K/c9-7(10,11)6-16-15-5-3-4(8(12,13)14)1-2-17(5)6;/h1-3H;/q-1;+1. The Labute approximate surface area is 139 Å². The van der Waals surface area contributed by atoms with Gasteiger partial charge in [-0.3, -0.25) is 4.40 Å². The number of pyridine rings is 1. The smallest absolute Gasteiger partial charge is 0.445 e. The molecule has 0 saturated heterocycles. The van der Waals surface area contributed by atoms with E-state index in [0.717, 1.165) is 0 Å². The summed E-state index contributed by atoms with van der Waals surface area (Å²) in [6, 6.07) is 1.09. The van der Waals surface area contributed by atoms with Crippen LogP contribution >= 0.6 is 0 Å². The molecule has 0 fully saturated rings. The molecule has 2 heterocycles. The molecular weight excluding hydrogens is 290 g/mol. The second kappa shape index (κ2) is 5.12. The van der Waals surface area contributed by atoms with Gasteiger partial charge in [-0.2, -0.15) is 13.2 Å². The van der Waals surface area contributed by atoms with Crippen molar-refractivity contribution >= 4 is 18.1 Å². The number of halogens is 6. The molecule has 11 heteroatoms. The third-order valence-corrected chi connectivity index (χ3v) is 2.07. The van der Waals surface area contributed by atoms with Crippen LogP contribution in [0.2, 0.25) is 0 Å². The van der Waals surface area contributed by atoms with Crippen molar-refractivity contribution in [1.82, 2.24) is 14.6 Å². The van der Waals surface area contributed by atoms with Crippen LogP contribution < -0.4 is 56.8 Å². The molecule has 92 valence electrons. The minimum atomic E-state index is -5.27. The zero-order valence-electron chi connectivity index (χ0n) is 8.92. The van der Waals surface area contributed by atoms with E-state index in [1.54, 1.807) is 0 Å². The molecule has 0 aromatic carbocycles. The second-order valence-corrected chi connectivity index (χ2v) is 3.28. The van der Waals surface area contributed by atoms with Gasteiger partial charge < -0.3 is 12.9 Å². The van der Waals surface area contributed by atoms with Gasteiger partial charge in [-0.25, -0.2) is 0 Å². The number of rotatable bonds is 1. The van der Waals surface area contributed by atoms with Crippen LogP contribution in [-0.2, 0) is 6.18 Å². The van der Waals surface area contributed by atoms with E-state index in [4.69, 9.17) is 0 Å². The molecule has 0 N–H and O–H groups in total. The van der Waals surface area contributed by atoms with Crippen LogP contribution in [-0.4, -0.2) is 21.6 Å². The fraction of sp³-hybridized carbons (Fsp3) is 0.143. The SMILES string of the molecule is F[B-](F)(F)c1ccn2c(C(F)(F)F)nnc2c1.[K+]. The van der Waals surface area contributed by atoms with Gasteiger partial charge in [0.05, 0.1) is 0 Å². The van der Waals surface area contributed by atoms with Gasteiger partial charge in [-0.1, -0.05) is 6.07 Å². The third kappa shape index (κ3) is 3.07. The summed E-state index contributed by atoms with van der Waals surface area (Å²) >= 11 is 0. The van der Waals surface area contributed by atoms with Gasteiger partial charge in [0.1, 0.15) is 0 Å². The maximum absolute atomic E-state index is 12.3. The molecule has 0 spiro atoms. The molecule has 2 aromatic rings. The fourth-order valence-electron chi connectivity index (χ4n) is 1.30. The molecule has 0 bridgehead atoms. The summed E-state index contributed by atoms with van der Waals surface area (Å²) in [6.45, 7) is -5.27. The van der Waals surface area contributed by atoms with Crippen molar-refractivity contribution in [2.45, 2.75) is 6.18 Å². The summed E-state index contributed by atoms with van der Waals surface area (Å²) in [5, 5.41) is 5.88. The first-order valence-corrected chi connectivity index (χ1v) is 4.31. The van der Waals surface area contributed by atoms with Crippen LogP contribution in [0.4, 0.5) is 26.1 Å². The monoisotopic (exact) mass is 293 g/mol. The van der Waals surface area contributed by atoms with Gasteiger partial charge in [0.15, 0.2) is 5.65 Å². The maximum Gasteiger partial charge on any atom is 1.00 e. The van der Waals surface area contributed by atoms with Crippen LogP contribution in [0.25, 0.3) is 5.65 Å². The molecule has 2 rings (SSSR count). The molecule has 0 saturated carbocycles. The Balaban J connectivity index is 0.00000162. The Bertz CT molecular complexity index is 562. The predicted molar refractivity (Wildman–Crippen MR) is 46.7 cm³/mol. The molecule has 2 aromatic heterocycles. The van der Waals surface area contributed by atoms with Gasteiger partial charge >= 0.3 is 64.5 Å². The van der Waals surface area contributed by atoms with E-state index in [2.05, 4.69) is 10.2 Å². The molecule has 0 unspecified atom stereocenters. The molecule has 0 aliphatic heterocycles. The van der Waals surface area contributed by atoms with Crippen LogP contribution in [0.3, 0.4) is 0 Å². The molecular formula is C7H3BF6KN3. The Morgan fingerprint density at radius 1 is 1.11 bits per heavy atom. The van der Waals surface area contributed by atoms with Gasteiger partial charge in [0.2, 0.25) is 5.82 Å². The summed E-state index contributed by atoms with van der Waals surface area (Å²) in [4.78, 5) is 0. The second-order valence-electron chi connectivity index (χ2n) is 3.28. The first kappa shape index (κ1) is 16.0. The average Bonchev–Trinajstić information content (AvgIpc) is 2.57. The summed E-state index contributed by atoms with van der Waals surface area (Å²) in [5.41, 5.74) is -1.51. The quantitative estimate of drug-likeness (QED) is 0.489. The van der Waals surface area contributed by atoms with Gasteiger partial charge in [-0.05, 0) is 6.07 Å². The van der Waals surface area contributed by atoms with Crippen molar-refractivity contribution in [2.24, 2.45) is 0 Å². The maximum atomic E-state index is 12.3. The predicted octanol–water partition coefficient (Wildman–Crippen LogP) is -1.19. The number of aromatic nitrogens is 3. The topological polar surface area (TPSA) is 30.2 Å². The Morgan fingerprint density at radius 2 is 1.72 bits per heavy atom. The largest absolute Gasteiger partial charge is 1.00 e. The summed E-state index contributed by atoms with van der Waals surface area (Å²) in [7, 11) is 0. The summed E-state index contributed by atoms with van der Waals surface area (Å²) < 4.78 is 74.5. The van der Waals surface area contributed by atoms with E-state index in [1.807, 2.05) is 0 Å². The van der Waals surface area contributed by atoms with Crippen LogP contribution in [0.5, 0.6) is 0 Å². The number of fused-ring (bicyclic) bond motifs is 1. The van der Waals surface area contributed by atoms with Crippen molar-refractivity contribution in [3.8, 4) is 0 Å². The zero-order valence-corrected chi connectivity index (χ0v) is 12.0. The summed E-state index contributed by atoms with van der Waals surface area (Å²) in [6.07, 6.45) is -4.10. The van der Waals surface area contributed by atoms with E-state index in [9.17, 15) is 26.1 Å². The van der Waals surface area contributed by atoms with E-state index in [-0.39, 0.29) is 51.4 Å². The van der Waals surface area contributed by atoms with Gasteiger partial charge in [0, 0.05) is 6.20 Å².